The maximum atomic E-state index is 5.96. The Hall–Kier alpha value is -1.13. The number of fused-ring (bicyclic) bond motifs is 2. The average molecular weight is 289 g/mol. The molecule has 2 bridgehead atoms. The monoisotopic (exact) mass is 289 g/mol. The van der Waals surface area contributed by atoms with E-state index in [9.17, 15) is 0 Å². The zero-order chi connectivity index (χ0) is 15.0. The van der Waals surface area contributed by atoms with Crippen molar-refractivity contribution in [3.05, 3.63) is 23.5 Å². The van der Waals surface area contributed by atoms with E-state index in [0.29, 0.717) is 12.2 Å². The predicted octanol–water partition coefficient (Wildman–Crippen LogP) is 2.65. The quantitative estimate of drug-likeness (QED) is 0.928. The van der Waals surface area contributed by atoms with Gasteiger partial charge in [-0.1, -0.05) is 0 Å². The molecule has 2 saturated heterocycles. The van der Waals surface area contributed by atoms with E-state index in [4.69, 9.17) is 4.74 Å². The third-order valence-corrected chi connectivity index (χ3v) is 4.29. The molecule has 0 saturated carbocycles. The van der Waals surface area contributed by atoms with Crippen LogP contribution in [-0.4, -0.2) is 35.8 Å². The summed E-state index contributed by atoms with van der Waals surface area (Å²) in [7, 11) is 0. The van der Waals surface area contributed by atoms with Crippen LogP contribution in [0, 0.1) is 6.92 Å². The number of anilines is 1. The Labute approximate surface area is 127 Å². The molecule has 1 aromatic rings. The lowest BCUT2D eigenvalue weighted by Gasteiger charge is -2.35. The van der Waals surface area contributed by atoms with Gasteiger partial charge >= 0.3 is 0 Å². The molecule has 0 radical (unpaired) electrons. The van der Waals surface area contributed by atoms with E-state index < -0.39 is 0 Å². The summed E-state index contributed by atoms with van der Waals surface area (Å²) in [5, 5.41) is 3.58. The maximum Gasteiger partial charge on any atom is 0.0755 e. The van der Waals surface area contributed by atoms with Crippen molar-refractivity contribution in [1.82, 2.24) is 10.3 Å². The summed E-state index contributed by atoms with van der Waals surface area (Å²) in [6.07, 6.45) is 5.28. The Kier molecular flexibility index (Phi) is 3.93. The van der Waals surface area contributed by atoms with Crippen molar-refractivity contribution in [2.45, 2.75) is 64.8 Å². The second-order valence-corrected chi connectivity index (χ2v) is 7.42. The minimum absolute atomic E-state index is 0.117. The number of nitrogens with zero attached hydrogens (tertiary/aromatic N) is 2. The van der Waals surface area contributed by atoms with Crippen LogP contribution in [0.15, 0.2) is 12.3 Å². The molecule has 0 amide bonds. The topological polar surface area (TPSA) is 37.4 Å². The molecule has 2 fully saturated rings. The number of nitrogens with one attached hydrogen (secondary N) is 1. The van der Waals surface area contributed by atoms with Gasteiger partial charge in [0.25, 0.3) is 0 Å². The number of rotatable bonds is 3. The summed E-state index contributed by atoms with van der Waals surface area (Å²) in [5.74, 6) is 0. The molecule has 0 aromatic carbocycles. The first kappa shape index (κ1) is 14.8. The van der Waals surface area contributed by atoms with Gasteiger partial charge in [0.05, 0.1) is 12.2 Å². The van der Waals surface area contributed by atoms with Gasteiger partial charge in [-0.2, -0.15) is 0 Å². The van der Waals surface area contributed by atoms with Crippen molar-refractivity contribution in [1.29, 1.82) is 0 Å². The highest BCUT2D eigenvalue weighted by Crippen LogP contribution is 2.31. The Morgan fingerprint density at radius 2 is 1.95 bits per heavy atom. The largest absolute Gasteiger partial charge is 0.371 e. The molecule has 2 unspecified atom stereocenters. The molecule has 3 rings (SSSR count). The summed E-state index contributed by atoms with van der Waals surface area (Å²) in [6, 6.07) is 2.23. The van der Waals surface area contributed by atoms with Gasteiger partial charge in [-0.05, 0) is 46.6 Å². The zero-order valence-electron chi connectivity index (χ0n) is 13.6. The molecule has 4 heteroatoms. The van der Waals surface area contributed by atoms with E-state index >= 15 is 0 Å². The fraction of sp³-hybridized carbons (Fsp3) is 0.706. The fourth-order valence-corrected chi connectivity index (χ4v) is 3.18. The maximum absolute atomic E-state index is 5.96. The highest BCUT2D eigenvalue weighted by Gasteiger charge is 2.34. The van der Waals surface area contributed by atoms with E-state index in [1.54, 1.807) is 0 Å². The summed E-state index contributed by atoms with van der Waals surface area (Å²) < 4.78 is 5.96. The molecule has 2 aliphatic rings. The van der Waals surface area contributed by atoms with Crippen LogP contribution < -0.4 is 10.2 Å². The van der Waals surface area contributed by atoms with Crippen LogP contribution in [0.5, 0.6) is 0 Å². The molecule has 1 N–H and O–H groups in total. The van der Waals surface area contributed by atoms with Crippen LogP contribution >= 0.6 is 0 Å². The molecule has 2 aliphatic heterocycles. The first-order valence-corrected chi connectivity index (χ1v) is 8.02. The molecule has 1 aromatic heterocycles. The number of pyridine rings is 1. The molecular formula is C17H27N3O. The van der Waals surface area contributed by atoms with E-state index in [2.05, 4.69) is 49.0 Å². The zero-order valence-corrected chi connectivity index (χ0v) is 13.6. The molecule has 2 atom stereocenters. The van der Waals surface area contributed by atoms with E-state index in [1.807, 2.05) is 6.20 Å². The van der Waals surface area contributed by atoms with Gasteiger partial charge in [-0.3, -0.25) is 4.98 Å². The van der Waals surface area contributed by atoms with Gasteiger partial charge in [-0.15, -0.1) is 0 Å². The molecular weight excluding hydrogens is 262 g/mol. The molecule has 4 nitrogen and oxygen atoms in total. The van der Waals surface area contributed by atoms with Crippen molar-refractivity contribution in [3.8, 4) is 0 Å². The Bertz CT molecular complexity index is 497. The number of aromatic nitrogens is 1. The smallest absolute Gasteiger partial charge is 0.0755 e. The molecule has 116 valence electrons. The Morgan fingerprint density at radius 3 is 2.57 bits per heavy atom. The minimum Gasteiger partial charge on any atom is -0.371 e. The van der Waals surface area contributed by atoms with Gasteiger partial charge in [-0.25, -0.2) is 0 Å². The number of aryl methyl sites for hydroxylation is 1. The van der Waals surface area contributed by atoms with E-state index in [-0.39, 0.29) is 5.54 Å². The third kappa shape index (κ3) is 3.55. The molecule has 0 aliphatic carbocycles. The number of ether oxygens (including phenoxy) is 1. The molecule has 0 spiro atoms. The van der Waals surface area contributed by atoms with E-state index in [0.717, 1.165) is 25.3 Å². The van der Waals surface area contributed by atoms with Gasteiger partial charge in [0.15, 0.2) is 0 Å². The fourth-order valence-electron chi connectivity index (χ4n) is 3.18. The molecule has 21 heavy (non-hydrogen) atoms. The van der Waals surface area contributed by atoms with Gasteiger partial charge in [0, 0.05) is 48.3 Å². The summed E-state index contributed by atoms with van der Waals surface area (Å²) in [6.45, 7) is 11.6. The number of hydrogen-bond donors (Lipinski definition) is 1. The van der Waals surface area contributed by atoms with Crippen molar-refractivity contribution in [2.24, 2.45) is 0 Å². The first-order chi connectivity index (χ1) is 9.90. The van der Waals surface area contributed by atoms with E-state index in [1.165, 1.54) is 24.1 Å². The van der Waals surface area contributed by atoms with Crippen LogP contribution in [0.1, 0.15) is 44.9 Å². The van der Waals surface area contributed by atoms with Crippen molar-refractivity contribution >= 4 is 5.69 Å². The average Bonchev–Trinajstić information content (AvgIpc) is 2.75. The number of morpholine rings is 1. The van der Waals surface area contributed by atoms with Crippen molar-refractivity contribution < 1.29 is 4.74 Å². The van der Waals surface area contributed by atoms with Crippen LogP contribution in [0.3, 0.4) is 0 Å². The Balaban J connectivity index is 1.81. The highest BCUT2D eigenvalue weighted by atomic mass is 16.5. The summed E-state index contributed by atoms with van der Waals surface area (Å²) >= 11 is 0. The van der Waals surface area contributed by atoms with Crippen molar-refractivity contribution in [3.63, 3.8) is 0 Å². The number of hydrogen-bond acceptors (Lipinski definition) is 4. The summed E-state index contributed by atoms with van der Waals surface area (Å²) in [5.41, 5.74) is 3.83. The standard InChI is InChI=1S/C17H27N3O/c1-12-7-16(13(8-18-12)9-19-17(2,3)4)20-10-14-5-6-15(11-20)21-14/h7-8,14-15,19H,5-6,9-11H2,1-4H3. The highest BCUT2D eigenvalue weighted by molar-refractivity contribution is 5.54. The van der Waals surface area contributed by atoms with Crippen molar-refractivity contribution in [2.75, 3.05) is 18.0 Å². The Morgan fingerprint density at radius 1 is 1.29 bits per heavy atom. The van der Waals surface area contributed by atoms with Crippen LogP contribution in [0.4, 0.5) is 5.69 Å². The molecule has 3 heterocycles. The van der Waals surface area contributed by atoms with Gasteiger partial charge in [0.2, 0.25) is 0 Å². The second kappa shape index (κ2) is 5.58. The lowest BCUT2D eigenvalue weighted by molar-refractivity contribution is 0.0304. The lowest BCUT2D eigenvalue weighted by atomic mass is 10.1. The first-order valence-electron chi connectivity index (χ1n) is 8.02. The van der Waals surface area contributed by atoms with Crippen LogP contribution in [-0.2, 0) is 11.3 Å². The SMILES string of the molecule is Cc1cc(N2CC3CCC(C2)O3)c(CNC(C)(C)C)cn1. The van der Waals surface area contributed by atoms with Gasteiger partial charge in [0.1, 0.15) is 0 Å². The predicted molar refractivity (Wildman–Crippen MR) is 85.7 cm³/mol. The second-order valence-electron chi connectivity index (χ2n) is 7.42. The van der Waals surface area contributed by atoms with Gasteiger partial charge < -0.3 is 15.0 Å². The third-order valence-electron chi connectivity index (χ3n) is 4.29. The lowest BCUT2D eigenvalue weighted by Crippen LogP contribution is -2.43. The normalized spacial score (nSPS) is 25.4. The van der Waals surface area contributed by atoms with Crippen LogP contribution in [0.2, 0.25) is 0 Å². The minimum atomic E-state index is 0.117. The van der Waals surface area contributed by atoms with Crippen LogP contribution in [0.25, 0.3) is 0 Å². The summed E-state index contributed by atoms with van der Waals surface area (Å²) in [4.78, 5) is 6.99.